The van der Waals surface area contributed by atoms with Crippen LogP contribution < -0.4 is 0 Å². The lowest BCUT2D eigenvalue weighted by Crippen LogP contribution is -1.94. The molecule has 13 rings (SSSR count). The zero-order valence-electron chi connectivity index (χ0n) is 35.9. The maximum absolute atomic E-state index is 2.52. The molecule has 0 saturated carbocycles. The van der Waals surface area contributed by atoms with Crippen LogP contribution in [0.15, 0.2) is 206 Å². The van der Waals surface area contributed by atoms with Crippen LogP contribution in [-0.2, 0) is 13.1 Å². The number of aryl methyl sites for hydroxylation is 2. The summed E-state index contributed by atoms with van der Waals surface area (Å²) in [6.07, 6.45) is 0. The van der Waals surface area contributed by atoms with Gasteiger partial charge in [-0.2, -0.15) is 0 Å². The van der Waals surface area contributed by atoms with E-state index in [1.54, 1.807) is 0 Å². The summed E-state index contributed by atoms with van der Waals surface area (Å²) in [6, 6.07) is 77.3. The van der Waals surface area contributed by atoms with Gasteiger partial charge in [-0.25, -0.2) is 0 Å². The first-order chi connectivity index (χ1) is 31.7. The van der Waals surface area contributed by atoms with Crippen molar-refractivity contribution in [1.29, 1.82) is 0 Å². The Morgan fingerprint density at radius 3 is 1.22 bits per heavy atom. The number of benzene rings is 11. The Morgan fingerprint density at radius 2 is 0.688 bits per heavy atom. The van der Waals surface area contributed by atoms with Crippen molar-refractivity contribution in [3.05, 3.63) is 206 Å². The SMILES string of the molecule is CCn1c2cccc(-c3cccc4c(-c5ccccc5-c5ccccc5)c5cccc(-c6cccc7c6c6c8ccccc8ccc6n7CC)c5cc34)c2c2c3ccccc3ccc21. The first-order valence-electron chi connectivity index (χ1n) is 22.7. The molecule has 0 fully saturated rings. The van der Waals surface area contributed by atoms with Crippen LogP contribution in [0.4, 0.5) is 0 Å². The van der Waals surface area contributed by atoms with E-state index in [0.717, 1.165) is 13.1 Å². The maximum atomic E-state index is 2.52. The minimum absolute atomic E-state index is 0.890. The average molecular weight is 817 g/mol. The minimum atomic E-state index is 0.890. The Hall–Kier alpha value is -7.94. The highest BCUT2D eigenvalue weighted by Gasteiger charge is 2.23. The smallest absolute Gasteiger partial charge is 0.0498 e. The third kappa shape index (κ3) is 5.20. The second-order valence-electron chi connectivity index (χ2n) is 17.2. The van der Waals surface area contributed by atoms with E-state index in [-0.39, 0.29) is 0 Å². The summed E-state index contributed by atoms with van der Waals surface area (Å²) < 4.78 is 5.00. The van der Waals surface area contributed by atoms with Crippen LogP contribution in [0.3, 0.4) is 0 Å². The van der Waals surface area contributed by atoms with Gasteiger partial charge in [0.25, 0.3) is 0 Å². The zero-order chi connectivity index (χ0) is 42.5. The van der Waals surface area contributed by atoms with Crippen molar-refractivity contribution in [1.82, 2.24) is 9.13 Å². The molecule has 2 aromatic heterocycles. The van der Waals surface area contributed by atoms with Gasteiger partial charge in [-0.1, -0.05) is 176 Å². The van der Waals surface area contributed by atoms with Crippen LogP contribution in [0.25, 0.3) is 131 Å². The van der Waals surface area contributed by atoms with Gasteiger partial charge in [-0.3, -0.25) is 0 Å². The fourth-order valence-corrected chi connectivity index (χ4v) is 11.4. The molecule has 0 N–H and O–H groups in total. The molecule has 0 bridgehead atoms. The predicted molar refractivity (Wildman–Crippen MR) is 276 cm³/mol. The molecule has 0 aliphatic heterocycles. The highest BCUT2D eigenvalue weighted by atomic mass is 15.0. The molecular formula is C62H44N2. The Labute approximate surface area is 371 Å². The van der Waals surface area contributed by atoms with Gasteiger partial charge >= 0.3 is 0 Å². The topological polar surface area (TPSA) is 9.86 Å². The van der Waals surface area contributed by atoms with E-state index in [1.807, 2.05) is 0 Å². The molecule has 2 nitrogen and oxygen atoms in total. The fourth-order valence-electron chi connectivity index (χ4n) is 11.4. The van der Waals surface area contributed by atoms with Crippen molar-refractivity contribution >= 4 is 86.7 Å². The summed E-state index contributed by atoms with van der Waals surface area (Å²) in [5.41, 5.74) is 15.0. The monoisotopic (exact) mass is 816 g/mol. The first kappa shape index (κ1) is 36.7. The number of hydrogen-bond donors (Lipinski definition) is 0. The molecule has 64 heavy (non-hydrogen) atoms. The van der Waals surface area contributed by atoms with Crippen molar-refractivity contribution in [2.75, 3.05) is 0 Å². The van der Waals surface area contributed by atoms with E-state index >= 15 is 0 Å². The lowest BCUT2D eigenvalue weighted by atomic mass is 9.83. The molecule has 0 amide bonds. The molecular weight excluding hydrogens is 773 g/mol. The van der Waals surface area contributed by atoms with Gasteiger partial charge in [0, 0.05) is 56.7 Å². The molecule has 11 aromatic carbocycles. The molecule has 0 aliphatic carbocycles. The van der Waals surface area contributed by atoms with Gasteiger partial charge in [-0.15, -0.1) is 0 Å². The van der Waals surface area contributed by atoms with Gasteiger partial charge in [0.05, 0.1) is 0 Å². The van der Waals surface area contributed by atoms with Gasteiger partial charge < -0.3 is 9.13 Å². The van der Waals surface area contributed by atoms with Crippen LogP contribution in [0.2, 0.25) is 0 Å². The zero-order valence-corrected chi connectivity index (χ0v) is 35.9. The maximum Gasteiger partial charge on any atom is 0.0498 e. The summed E-state index contributed by atoms with van der Waals surface area (Å²) >= 11 is 0. The van der Waals surface area contributed by atoms with Crippen LogP contribution in [-0.4, -0.2) is 9.13 Å². The second kappa shape index (κ2) is 14.3. The molecule has 2 heterocycles. The standard InChI is InChI=1S/C62H44N2/c1-3-63-54-32-16-30-48(61(54)59-43-23-10-8-20-40(43)34-36-56(59)63)45-26-14-28-50-52(45)38-53-46(27-15-29-51(53)58(50)47-25-13-12-22-42(47)39-18-6-5-7-19-39)49-31-17-33-55-62(49)60-44-24-11-9-21-41(44)35-37-57(60)64(55)4-2/h5-38H,3-4H2,1-2H3. The molecule has 2 heteroatoms. The molecule has 0 saturated heterocycles. The molecule has 302 valence electrons. The normalized spacial score (nSPS) is 12.0. The molecule has 0 radical (unpaired) electrons. The summed E-state index contributed by atoms with van der Waals surface area (Å²) in [7, 11) is 0. The van der Waals surface area contributed by atoms with Gasteiger partial charge in [0.2, 0.25) is 0 Å². The lowest BCUT2D eigenvalue weighted by molar-refractivity contribution is 0.827. The van der Waals surface area contributed by atoms with E-state index in [2.05, 4.69) is 229 Å². The van der Waals surface area contributed by atoms with E-state index in [0.29, 0.717) is 0 Å². The molecule has 0 spiro atoms. The first-order valence-corrected chi connectivity index (χ1v) is 22.7. The highest BCUT2D eigenvalue weighted by molar-refractivity contribution is 6.29. The van der Waals surface area contributed by atoms with Crippen LogP contribution in [0.1, 0.15) is 13.8 Å². The number of nitrogens with zero attached hydrogens (tertiary/aromatic N) is 2. The van der Waals surface area contributed by atoms with Crippen LogP contribution in [0.5, 0.6) is 0 Å². The Kier molecular flexibility index (Phi) is 8.20. The Balaban J connectivity index is 1.21. The van der Waals surface area contributed by atoms with Gasteiger partial charge in [0.1, 0.15) is 0 Å². The van der Waals surface area contributed by atoms with E-state index < -0.39 is 0 Å². The average Bonchev–Trinajstić information content (AvgIpc) is 3.88. The van der Waals surface area contributed by atoms with E-state index in [1.165, 1.54) is 131 Å². The van der Waals surface area contributed by atoms with Crippen molar-refractivity contribution in [2.24, 2.45) is 0 Å². The predicted octanol–water partition coefficient (Wildman–Crippen LogP) is 17.2. The Morgan fingerprint density at radius 1 is 0.281 bits per heavy atom. The number of hydrogen-bond acceptors (Lipinski definition) is 0. The van der Waals surface area contributed by atoms with E-state index in [9.17, 15) is 0 Å². The quantitative estimate of drug-likeness (QED) is 0.148. The number of rotatable bonds is 6. The van der Waals surface area contributed by atoms with Crippen molar-refractivity contribution in [3.8, 4) is 44.5 Å². The number of aromatic nitrogens is 2. The third-order valence-electron chi connectivity index (χ3n) is 14.1. The summed E-state index contributed by atoms with van der Waals surface area (Å²) in [4.78, 5) is 0. The second-order valence-corrected chi connectivity index (χ2v) is 17.2. The van der Waals surface area contributed by atoms with Crippen molar-refractivity contribution in [3.63, 3.8) is 0 Å². The fraction of sp³-hybridized carbons (Fsp3) is 0.0645. The minimum Gasteiger partial charge on any atom is -0.341 e. The van der Waals surface area contributed by atoms with Crippen LogP contribution >= 0.6 is 0 Å². The summed E-state index contributed by atoms with van der Waals surface area (Å²) in [5, 5.41) is 15.4. The largest absolute Gasteiger partial charge is 0.341 e. The van der Waals surface area contributed by atoms with Gasteiger partial charge in [0.15, 0.2) is 0 Å². The van der Waals surface area contributed by atoms with Crippen LogP contribution in [0, 0.1) is 0 Å². The summed E-state index contributed by atoms with van der Waals surface area (Å²) in [6.45, 7) is 6.32. The summed E-state index contributed by atoms with van der Waals surface area (Å²) in [5.74, 6) is 0. The third-order valence-corrected chi connectivity index (χ3v) is 14.1. The lowest BCUT2D eigenvalue weighted by Gasteiger charge is -2.20. The molecule has 0 atom stereocenters. The van der Waals surface area contributed by atoms with Crippen molar-refractivity contribution in [2.45, 2.75) is 26.9 Å². The molecule has 0 aliphatic rings. The number of fused-ring (bicyclic) bond motifs is 12. The van der Waals surface area contributed by atoms with Crippen molar-refractivity contribution < 1.29 is 0 Å². The van der Waals surface area contributed by atoms with E-state index in [4.69, 9.17) is 0 Å². The highest BCUT2D eigenvalue weighted by Crippen LogP contribution is 2.49. The Bertz CT molecular complexity index is 3810. The molecule has 0 unspecified atom stereocenters. The molecule has 13 aromatic rings. The van der Waals surface area contributed by atoms with Gasteiger partial charge in [-0.05, 0) is 132 Å².